The molecule has 0 aliphatic rings. The molecular weight excluding hydrogens is 294 g/mol. The Balaban J connectivity index is 2.44. The number of nitrogens with one attached hydrogen (secondary N) is 1. The molecule has 2 rings (SSSR count). The lowest BCUT2D eigenvalue weighted by atomic mass is 10.0. The van der Waals surface area contributed by atoms with Gasteiger partial charge in [0.15, 0.2) is 0 Å². The molecule has 18 heavy (non-hydrogen) atoms. The fourth-order valence-electron chi connectivity index (χ4n) is 1.96. The van der Waals surface area contributed by atoms with Gasteiger partial charge in [0, 0.05) is 23.3 Å². The lowest BCUT2D eigenvalue weighted by molar-refractivity contribution is 0.413. The van der Waals surface area contributed by atoms with Crippen LogP contribution in [0.2, 0.25) is 0 Å². The van der Waals surface area contributed by atoms with E-state index in [9.17, 15) is 0 Å². The molecule has 96 valence electrons. The van der Waals surface area contributed by atoms with Crippen LogP contribution < -0.4 is 10.1 Å². The van der Waals surface area contributed by atoms with Crippen molar-refractivity contribution in [1.29, 1.82) is 0 Å². The first kappa shape index (κ1) is 13.1. The highest BCUT2D eigenvalue weighted by Crippen LogP contribution is 2.31. The van der Waals surface area contributed by atoms with Crippen LogP contribution in [-0.4, -0.2) is 23.9 Å². The first-order valence-corrected chi connectivity index (χ1v) is 6.44. The largest absolute Gasteiger partial charge is 0.497 e. The second kappa shape index (κ2) is 5.54. The van der Waals surface area contributed by atoms with Gasteiger partial charge in [-0.25, -0.2) is 0 Å². The minimum atomic E-state index is 0.0863. The van der Waals surface area contributed by atoms with Gasteiger partial charge in [0.1, 0.15) is 5.75 Å². The summed E-state index contributed by atoms with van der Waals surface area (Å²) in [6.07, 6.45) is 3.88. The zero-order chi connectivity index (χ0) is 13.1. The maximum atomic E-state index is 5.28. The fourth-order valence-corrected chi connectivity index (χ4v) is 2.44. The molecule has 0 radical (unpaired) electrons. The van der Waals surface area contributed by atoms with E-state index in [1.807, 2.05) is 44.7 Å². The van der Waals surface area contributed by atoms with Gasteiger partial charge in [-0.1, -0.05) is 15.9 Å². The van der Waals surface area contributed by atoms with Crippen molar-refractivity contribution >= 4 is 15.9 Å². The van der Waals surface area contributed by atoms with Gasteiger partial charge in [-0.05, 0) is 30.8 Å². The predicted molar refractivity (Wildman–Crippen MR) is 74.8 cm³/mol. The van der Waals surface area contributed by atoms with E-state index in [2.05, 4.69) is 26.3 Å². The van der Waals surface area contributed by atoms with Crippen LogP contribution >= 0.6 is 15.9 Å². The normalized spacial score (nSPS) is 12.4. The molecule has 4 nitrogen and oxygen atoms in total. The summed E-state index contributed by atoms with van der Waals surface area (Å²) in [7, 11) is 5.52. The van der Waals surface area contributed by atoms with Crippen LogP contribution in [0.3, 0.4) is 0 Å². The Morgan fingerprint density at radius 2 is 2.22 bits per heavy atom. The van der Waals surface area contributed by atoms with Gasteiger partial charge in [0.25, 0.3) is 0 Å². The van der Waals surface area contributed by atoms with Crippen molar-refractivity contribution < 1.29 is 4.74 Å². The molecule has 2 aromatic rings. The Morgan fingerprint density at radius 3 is 2.78 bits per heavy atom. The minimum Gasteiger partial charge on any atom is -0.497 e. The van der Waals surface area contributed by atoms with Gasteiger partial charge in [-0.15, -0.1) is 0 Å². The second-order valence-corrected chi connectivity index (χ2v) is 4.91. The van der Waals surface area contributed by atoms with Crippen LogP contribution in [0.5, 0.6) is 5.75 Å². The Hall–Kier alpha value is -1.33. The first-order valence-electron chi connectivity index (χ1n) is 5.65. The highest BCUT2D eigenvalue weighted by atomic mass is 79.9. The Labute approximate surface area is 115 Å². The standard InChI is InChI=1S/C13H16BrN3O/c1-15-13(9-7-16-17(2)8-9)11-6-10(18-3)4-5-12(11)14/h4-8,13,15H,1-3H3. The fraction of sp³-hybridized carbons (Fsp3) is 0.308. The van der Waals surface area contributed by atoms with E-state index in [0.29, 0.717) is 0 Å². The smallest absolute Gasteiger partial charge is 0.119 e. The zero-order valence-electron chi connectivity index (χ0n) is 10.6. The number of halogens is 1. The van der Waals surface area contributed by atoms with E-state index in [1.54, 1.807) is 11.8 Å². The van der Waals surface area contributed by atoms with Gasteiger partial charge in [0.05, 0.1) is 19.3 Å². The van der Waals surface area contributed by atoms with Crippen LogP contribution in [0.4, 0.5) is 0 Å². The number of methoxy groups -OCH3 is 1. The molecule has 0 fully saturated rings. The summed E-state index contributed by atoms with van der Waals surface area (Å²) in [5, 5.41) is 7.51. The summed E-state index contributed by atoms with van der Waals surface area (Å²) >= 11 is 3.58. The van der Waals surface area contributed by atoms with E-state index >= 15 is 0 Å². The SMILES string of the molecule is CNC(c1cnn(C)c1)c1cc(OC)ccc1Br. The number of aryl methyl sites for hydroxylation is 1. The molecule has 0 spiro atoms. The number of benzene rings is 1. The summed E-state index contributed by atoms with van der Waals surface area (Å²) < 4.78 is 8.12. The van der Waals surface area contributed by atoms with E-state index in [-0.39, 0.29) is 6.04 Å². The number of hydrogen-bond acceptors (Lipinski definition) is 3. The molecule has 0 saturated carbocycles. The molecule has 5 heteroatoms. The lowest BCUT2D eigenvalue weighted by Gasteiger charge is -2.17. The Bertz CT molecular complexity index is 539. The summed E-state index contributed by atoms with van der Waals surface area (Å²) in [5.74, 6) is 0.845. The van der Waals surface area contributed by atoms with Crippen molar-refractivity contribution in [3.8, 4) is 5.75 Å². The van der Waals surface area contributed by atoms with Crippen LogP contribution in [-0.2, 0) is 7.05 Å². The Morgan fingerprint density at radius 1 is 1.44 bits per heavy atom. The van der Waals surface area contributed by atoms with Gasteiger partial charge in [-0.2, -0.15) is 5.10 Å². The zero-order valence-corrected chi connectivity index (χ0v) is 12.2. The van der Waals surface area contributed by atoms with Crippen molar-refractivity contribution in [2.24, 2.45) is 7.05 Å². The minimum absolute atomic E-state index is 0.0863. The van der Waals surface area contributed by atoms with E-state index in [1.165, 1.54) is 0 Å². The second-order valence-electron chi connectivity index (χ2n) is 4.06. The molecule has 1 N–H and O–H groups in total. The van der Waals surface area contributed by atoms with Crippen molar-refractivity contribution in [3.05, 3.63) is 46.2 Å². The van der Waals surface area contributed by atoms with E-state index in [0.717, 1.165) is 21.3 Å². The summed E-state index contributed by atoms with van der Waals surface area (Å²) in [4.78, 5) is 0. The van der Waals surface area contributed by atoms with Gasteiger partial charge in [-0.3, -0.25) is 4.68 Å². The summed E-state index contributed by atoms with van der Waals surface area (Å²) in [6, 6.07) is 6.04. The lowest BCUT2D eigenvalue weighted by Crippen LogP contribution is -2.17. The molecule has 0 saturated heterocycles. The molecule has 1 aromatic heterocycles. The first-order chi connectivity index (χ1) is 8.65. The number of ether oxygens (including phenoxy) is 1. The highest BCUT2D eigenvalue weighted by Gasteiger charge is 2.17. The van der Waals surface area contributed by atoms with Gasteiger partial charge in [0.2, 0.25) is 0 Å². The molecule has 1 aromatic carbocycles. The highest BCUT2D eigenvalue weighted by molar-refractivity contribution is 9.10. The topological polar surface area (TPSA) is 39.1 Å². The Kier molecular flexibility index (Phi) is 4.04. The monoisotopic (exact) mass is 309 g/mol. The average Bonchev–Trinajstić information content (AvgIpc) is 2.79. The average molecular weight is 310 g/mol. The van der Waals surface area contributed by atoms with Crippen LogP contribution in [0.1, 0.15) is 17.2 Å². The quantitative estimate of drug-likeness (QED) is 0.943. The molecule has 0 amide bonds. The van der Waals surface area contributed by atoms with Crippen molar-refractivity contribution in [1.82, 2.24) is 15.1 Å². The van der Waals surface area contributed by atoms with E-state index in [4.69, 9.17) is 4.74 Å². The third kappa shape index (κ3) is 2.57. The number of hydrogen-bond donors (Lipinski definition) is 1. The van der Waals surface area contributed by atoms with Crippen molar-refractivity contribution in [3.63, 3.8) is 0 Å². The number of nitrogens with zero attached hydrogens (tertiary/aromatic N) is 2. The molecule has 0 bridgehead atoms. The number of rotatable bonds is 4. The van der Waals surface area contributed by atoms with Crippen LogP contribution in [0.15, 0.2) is 35.1 Å². The molecule has 1 heterocycles. The number of aromatic nitrogens is 2. The summed E-state index contributed by atoms with van der Waals surface area (Å²) in [5.41, 5.74) is 2.25. The molecule has 0 aliphatic heterocycles. The third-order valence-corrected chi connectivity index (χ3v) is 3.58. The van der Waals surface area contributed by atoms with Crippen molar-refractivity contribution in [2.45, 2.75) is 6.04 Å². The van der Waals surface area contributed by atoms with Crippen molar-refractivity contribution in [2.75, 3.05) is 14.2 Å². The molecule has 1 atom stereocenters. The maximum absolute atomic E-state index is 5.28. The summed E-state index contributed by atoms with van der Waals surface area (Å²) in [6.45, 7) is 0. The van der Waals surface area contributed by atoms with Gasteiger partial charge >= 0.3 is 0 Å². The third-order valence-electron chi connectivity index (χ3n) is 2.86. The van der Waals surface area contributed by atoms with E-state index < -0.39 is 0 Å². The maximum Gasteiger partial charge on any atom is 0.119 e. The predicted octanol–water partition coefficient (Wildman–Crippen LogP) is 2.50. The molecule has 1 unspecified atom stereocenters. The van der Waals surface area contributed by atoms with Crippen LogP contribution in [0.25, 0.3) is 0 Å². The van der Waals surface area contributed by atoms with Gasteiger partial charge < -0.3 is 10.1 Å². The molecular formula is C13H16BrN3O. The van der Waals surface area contributed by atoms with Crippen LogP contribution in [0, 0.1) is 0 Å². The molecule has 0 aliphatic carbocycles.